The molecule has 2 fully saturated rings. The van der Waals surface area contributed by atoms with E-state index in [-0.39, 0.29) is 12.6 Å². The Kier molecular flexibility index (Phi) is 6.07. The first-order chi connectivity index (χ1) is 15.3. The first-order valence-corrected chi connectivity index (χ1v) is 11.3. The summed E-state index contributed by atoms with van der Waals surface area (Å²) in [5.41, 5.74) is 4.98. The van der Waals surface area contributed by atoms with Crippen molar-refractivity contribution < 1.29 is 5.11 Å². The largest absolute Gasteiger partial charge is 0.395 e. The van der Waals surface area contributed by atoms with Crippen LogP contribution >= 0.6 is 0 Å². The van der Waals surface area contributed by atoms with Gasteiger partial charge in [0.15, 0.2) is 0 Å². The minimum absolute atomic E-state index is 0.215. The van der Waals surface area contributed by atoms with Gasteiger partial charge in [0.1, 0.15) is 6.33 Å². The lowest BCUT2D eigenvalue weighted by Crippen LogP contribution is -2.67. The summed E-state index contributed by atoms with van der Waals surface area (Å²) in [4.78, 5) is 13.4. The molecule has 0 amide bonds. The third kappa shape index (κ3) is 4.26. The minimum atomic E-state index is 0.215. The quantitative estimate of drug-likeness (QED) is 0.692. The van der Waals surface area contributed by atoms with Crippen LogP contribution in [0.5, 0.6) is 0 Å². The highest BCUT2D eigenvalue weighted by Gasteiger charge is 2.48. The molecule has 5 nitrogen and oxygen atoms in total. The summed E-state index contributed by atoms with van der Waals surface area (Å²) >= 11 is 0. The highest BCUT2D eigenvalue weighted by atomic mass is 16.3. The van der Waals surface area contributed by atoms with Gasteiger partial charge >= 0.3 is 0 Å². The van der Waals surface area contributed by atoms with Crippen LogP contribution in [0.25, 0.3) is 11.1 Å². The average molecular weight is 415 g/mol. The summed E-state index contributed by atoms with van der Waals surface area (Å²) in [5.74, 6) is 0.363. The van der Waals surface area contributed by atoms with E-state index in [1.54, 1.807) is 6.33 Å². The zero-order valence-electron chi connectivity index (χ0n) is 17.8. The molecule has 2 aromatic carbocycles. The predicted molar refractivity (Wildman–Crippen MR) is 123 cm³/mol. The number of hydrogen-bond donors (Lipinski definition) is 1. The second-order valence-corrected chi connectivity index (χ2v) is 8.76. The molecule has 0 saturated carbocycles. The molecule has 0 radical (unpaired) electrons. The second kappa shape index (κ2) is 9.27. The number of fused-ring (bicyclic) bond motifs is 1. The van der Waals surface area contributed by atoms with Gasteiger partial charge in [-0.15, -0.1) is 0 Å². The van der Waals surface area contributed by atoms with Crippen molar-refractivity contribution in [2.24, 2.45) is 0 Å². The van der Waals surface area contributed by atoms with Gasteiger partial charge in [-0.2, -0.15) is 0 Å². The van der Waals surface area contributed by atoms with Gasteiger partial charge in [0, 0.05) is 49.0 Å². The normalized spacial score (nSPS) is 24.6. The van der Waals surface area contributed by atoms with Crippen molar-refractivity contribution in [3.8, 4) is 11.1 Å². The fourth-order valence-electron chi connectivity index (χ4n) is 5.35. The number of aromatic nitrogens is 2. The molecule has 1 N–H and O–H groups in total. The molecule has 5 rings (SSSR count). The van der Waals surface area contributed by atoms with Gasteiger partial charge in [-0.1, -0.05) is 54.6 Å². The van der Waals surface area contributed by atoms with E-state index < -0.39 is 0 Å². The molecular formula is C26H30N4O. The van der Waals surface area contributed by atoms with Crippen LogP contribution in [0.3, 0.4) is 0 Å². The van der Waals surface area contributed by atoms with Crippen molar-refractivity contribution >= 4 is 0 Å². The molecule has 3 heterocycles. The zero-order chi connectivity index (χ0) is 21.0. The molecule has 3 atom stereocenters. The van der Waals surface area contributed by atoms with E-state index in [0.717, 1.165) is 31.7 Å². The van der Waals surface area contributed by atoms with Crippen molar-refractivity contribution in [1.82, 2.24) is 19.8 Å². The van der Waals surface area contributed by atoms with E-state index in [0.29, 0.717) is 12.0 Å². The van der Waals surface area contributed by atoms with Crippen LogP contribution in [0, 0.1) is 0 Å². The van der Waals surface area contributed by atoms with Crippen LogP contribution in [0.4, 0.5) is 0 Å². The first-order valence-electron chi connectivity index (χ1n) is 11.3. The number of nitrogens with zero attached hydrogens (tertiary/aromatic N) is 4. The highest BCUT2D eigenvalue weighted by molar-refractivity contribution is 5.63. The Morgan fingerprint density at radius 2 is 1.58 bits per heavy atom. The molecule has 2 aliphatic rings. The molecule has 2 aliphatic heterocycles. The maximum Gasteiger partial charge on any atom is 0.115 e. The smallest absolute Gasteiger partial charge is 0.115 e. The van der Waals surface area contributed by atoms with E-state index in [4.69, 9.17) is 0 Å². The summed E-state index contributed by atoms with van der Waals surface area (Å²) in [6, 6.07) is 20.1. The van der Waals surface area contributed by atoms with Crippen LogP contribution in [0.2, 0.25) is 0 Å². The zero-order valence-corrected chi connectivity index (χ0v) is 17.8. The fraction of sp³-hybridized carbons (Fsp3) is 0.385. The number of hydrogen-bond acceptors (Lipinski definition) is 5. The number of benzene rings is 2. The van der Waals surface area contributed by atoms with Gasteiger partial charge in [0.2, 0.25) is 0 Å². The third-order valence-corrected chi connectivity index (χ3v) is 6.88. The Morgan fingerprint density at radius 1 is 0.871 bits per heavy atom. The van der Waals surface area contributed by atoms with Crippen molar-refractivity contribution in [3.63, 3.8) is 0 Å². The summed E-state index contributed by atoms with van der Waals surface area (Å²) in [5, 5.41) is 10.2. The monoisotopic (exact) mass is 414 g/mol. The Hall–Kier alpha value is -2.60. The molecule has 0 bridgehead atoms. The van der Waals surface area contributed by atoms with Gasteiger partial charge < -0.3 is 5.11 Å². The number of aliphatic hydroxyl groups is 1. The molecule has 1 aromatic heterocycles. The van der Waals surface area contributed by atoms with Gasteiger partial charge in [-0.3, -0.25) is 9.80 Å². The highest BCUT2D eigenvalue weighted by Crippen LogP contribution is 2.42. The maximum absolute atomic E-state index is 10.2. The van der Waals surface area contributed by atoms with E-state index in [2.05, 4.69) is 74.4 Å². The van der Waals surface area contributed by atoms with Gasteiger partial charge in [-0.25, -0.2) is 9.97 Å². The molecule has 0 spiro atoms. The van der Waals surface area contributed by atoms with E-state index in [1.807, 2.05) is 12.4 Å². The average Bonchev–Trinajstić information content (AvgIpc) is 2.81. The van der Waals surface area contributed by atoms with Crippen LogP contribution in [0.15, 0.2) is 73.3 Å². The molecule has 160 valence electrons. The Labute approximate surface area is 184 Å². The van der Waals surface area contributed by atoms with E-state index >= 15 is 0 Å². The van der Waals surface area contributed by atoms with Gasteiger partial charge in [0.05, 0.1) is 6.61 Å². The molecule has 5 heteroatoms. The third-order valence-electron chi connectivity index (χ3n) is 6.88. The van der Waals surface area contributed by atoms with Crippen molar-refractivity contribution in [2.45, 2.75) is 37.4 Å². The molecular weight excluding hydrogens is 384 g/mol. The second-order valence-electron chi connectivity index (χ2n) is 8.76. The van der Waals surface area contributed by atoms with Crippen LogP contribution in [-0.2, 0) is 6.54 Å². The van der Waals surface area contributed by atoms with Crippen LogP contribution < -0.4 is 0 Å². The standard InChI is InChI=1S/C26H30N4O/c31-18-25-26(23-10-8-22(9-11-23)21-6-2-1-3-7-21)24-17-29(12-4-5-13-30(24)25)16-20-14-27-19-28-15-20/h1-3,6-11,14-15,19,24-26,31H,4-5,12-13,16-18H2/t24-,25+,26-/m1/s1. The van der Waals surface area contributed by atoms with Crippen molar-refractivity contribution in [3.05, 3.63) is 84.4 Å². The van der Waals surface area contributed by atoms with Crippen LogP contribution in [0.1, 0.15) is 29.9 Å². The maximum atomic E-state index is 10.2. The lowest BCUT2D eigenvalue weighted by atomic mass is 9.74. The summed E-state index contributed by atoms with van der Waals surface area (Å²) in [7, 11) is 0. The lowest BCUT2D eigenvalue weighted by Gasteiger charge is -2.57. The first kappa shape index (κ1) is 20.3. The molecule has 2 saturated heterocycles. The molecule has 31 heavy (non-hydrogen) atoms. The van der Waals surface area contributed by atoms with Crippen molar-refractivity contribution in [1.29, 1.82) is 0 Å². The van der Waals surface area contributed by atoms with Gasteiger partial charge in [0.25, 0.3) is 0 Å². The Bertz CT molecular complexity index is 964. The number of aliphatic hydroxyl groups excluding tert-OH is 1. The minimum Gasteiger partial charge on any atom is -0.395 e. The number of rotatable bonds is 5. The summed E-state index contributed by atoms with van der Waals surface area (Å²) < 4.78 is 0. The summed E-state index contributed by atoms with van der Waals surface area (Å²) in [6.07, 6.45) is 7.78. The van der Waals surface area contributed by atoms with E-state index in [9.17, 15) is 5.11 Å². The molecule has 3 aromatic rings. The molecule has 0 unspecified atom stereocenters. The lowest BCUT2D eigenvalue weighted by molar-refractivity contribution is -0.0655. The molecule has 0 aliphatic carbocycles. The Morgan fingerprint density at radius 3 is 2.32 bits per heavy atom. The Balaban J connectivity index is 1.36. The predicted octanol–water partition coefficient (Wildman–Crippen LogP) is 3.57. The van der Waals surface area contributed by atoms with Gasteiger partial charge in [-0.05, 0) is 42.6 Å². The summed E-state index contributed by atoms with van der Waals surface area (Å²) in [6.45, 7) is 4.29. The van der Waals surface area contributed by atoms with Crippen LogP contribution in [-0.4, -0.2) is 63.2 Å². The van der Waals surface area contributed by atoms with Crippen molar-refractivity contribution in [2.75, 3.05) is 26.2 Å². The SMILES string of the molecule is OC[C@H]1[C@H](c2ccc(-c3ccccc3)cc2)[C@H]2CN(Cc3cncnc3)CCCCN21. The van der Waals surface area contributed by atoms with E-state index in [1.165, 1.54) is 29.5 Å². The fourth-order valence-corrected chi connectivity index (χ4v) is 5.35. The topological polar surface area (TPSA) is 52.5 Å².